The number of aromatic nitrogens is 2. The monoisotopic (exact) mass is 532 g/mol. The summed E-state index contributed by atoms with van der Waals surface area (Å²) in [7, 11) is 0. The predicted octanol–water partition coefficient (Wildman–Crippen LogP) is 9.05. The van der Waals surface area contributed by atoms with Crippen LogP contribution in [0.25, 0.3) is 22.5 Å². The van der Waals surface area contributed by atoms with Crippen LogP contribution < -0.4 is 4.74 Å². The van der Waals surface area contributed by atoms with Gasteiger partial charge in [0.05, 0.1) is 0 Å². The van der Waals surface area contributed by atoms with Crippen LogP contribution >= 0.6 is 11.6 Å². The second-order valence-electron chi connectivity index (χ2n) is 10.8. The molecule has 1 aromatic heterocycles. The normalized spacial score (nSPS) is 15.3. The van der Waals surface area contributed by atoms with Crippen molar-refractivity contribution >= 4 is 17.6 Å². The van der Waals surface area contributed by atoms with Gasteiger partial charge in [0.25, 0.3) is 0 Å². The highest BCUT2D eigenvalue weighted by molar-refractivity contribution is 6.30. The summed E-state index contributed by atoms with van der Waals surface area (Å²) < 4.78 is 5.43. The zero-order valence-corrected chi connectivity index (χ0v) is 23.6. The first-order valence-corrected chi connectivity index (χ1v) is 14.8. The molecule has 0 saturated heterocycles. The Kier molecular flexibility index (Phi) is 10.7. The maximum absolute atomic E-state index is 12.2. The fourth-order valence-electron chi connectivity index (χ4n) is 5.19. The van der Waals surface area contributed by atoms with Crippen LogP contribution in [-0.2, 0) is 11.2 Å². The third-order valence-corrected chi connectivity index (χ3v) is 8.55. The lowest BCUT2D eigenvalue weighted by atomic mass is 9.98. The molecule has 1 fully saturated rings. The highest BCUT2D eigenvalue weighted by Gasteiger charge is 2.23. The molecular formula is C33H41ClN2O2. The van der Waals surface area contributed by atoms with Gasteiger partial charge >= 0.3 is 5.97 Å². The topological polar surface area (TPSA) is 52.1 Å². The molecule has 0 bridgehead atoms. The predicted molar refractivity (Wildman–Crippen MR) is 156 cm³/mol. The summed E-state index contributed by atoms with van der Waals surface area (Å²) in [4.78, 5) is 21.3. The molecule has 0 unspecified atom stereocenters. The fourth-order valence-corrected chi connectivity index (χ4v) is 5.41. The van der Waals surface area contributed by atoms with Crippen molar-refractivity contribution in [1.82, 2.24) is 9.97 Å². The minimum Gasteiger partial charge on any atom is -0.425 e. The van der Waals surface area contributed by atoms with E-state index in [2.05, 4.69) is 34.2 Å². The number of benzene rings is 2. The number of hydrogen-bond donors (Lipinski definition) is 0. The number of halogens is 1. The van der Waals surface area contributed by atoms with Gasteiger partial charge in [-0.25, -0.2) is 9.97 Å². The summed E-state index contributed by atoms with van der Waals surface area (Å²) in [6.07, 6.45) is 18.4. The molecule has 0 radical (unpaired) electrons. The van der Waals surface area contributed by atoms with Crippen molar-refractivity contribution in [3.8, 4) is 28.3 Å². The lowest BCUT2D eigenvalue weighted by Gasteiger charge is -2.14. The fraction of sp³-hybridized carbons (Fsp3) is 0.485. The van der Waals surface area contributed by atoms with Crippen LogP contribution in [0, 0.1) is 11.8 Å². The van der Waals surface area contributed by atoms with Crippen LogP contribution in [0.4, 0.5) is 0 Å². The number of aryl methyl sites for hydroxylation is 1. The van der Waals surface area contributed by atoms with E-state index >= 15 is 0 Å². The van der Waals surface area contributed by atoms with Gasteiger partial charge in [0.2, 0.25) is 0 Å². The second-order valence-corrected chi connectivity index (χ2v) is 11.3. The van der Waals surface area contributed by atoms with Gasteiger partial charge in [-0.15, -0.1) is 11.6 Å². The molecule has 1 aliphatic rings. The van der Waals surface area contributed by atoms with Gasteiger partial charge in [0, 0.05) is 23.5 Å². The minimum absolute atomic E-state index is 0.0623. The highest BCUT2D eigenvalue weighted by atomic mass is 35.5. The van der Waals surface area contributed by atoms with Crippen LogP contribution in [0.15, 0.2) is 60.9 Å². The Morgan fingerprint density at radius 2 is 1.53 bits per heavy atom. The van der Waals surface area contributed by atoms with E-state index in [-0.39, 0.29) is 5.92 Å². The first-order chi connectivity index (χ1) is 18.5. The molecule has 1 saturated carbocycles. The average molecular weight is 533 g/mol. The molecule has 1 heterocycles. The third kappa shape index (κ3) is 8.14. The number of rotatable bonds is 13. The van der Waals surface area contributed by atoms with E-state index in [0.29, 0.717) is 11.6 Å². The molecule has 38 heavy (non-hydrogen) atoms. The van der Waals surface area contributed by atoms with Gasteiger partial charge < -0.3 is 4.74 Å². The SMILES string of the molecule is CC[C@H](C)[C@H](Cl)C(=O)Oc1ccc(-c2ncc(-c3ccc(CCCCCCC4CCCC4)cc3)cn2)cc1. The molecule has 0 spiro atoms. The summed E-state index contributed by atoms with van der Waals surface area (Å²) in [6, 6.07) is 16.0. The average Bonchev–Trinajstić information content (AvgIpc) is 3.48. The summed E-state index contributed by atoms with van der Waals surface area (Å²) in [5.41, 5.74) is 4.37. The van der Waals surface area contributed by atoms with Crippen molar-refractivity contribution in [1.29, 1.82) is 0 Å². The molecule has 1 aliphatic carbocycles. The summed E-state index contributed by atoms with van der Waals surface area (Å²) in [5.74, 6) is 1.76. The van der Waals surface area contributed by atoms with E-state index in [1.54, 1.807) is 12.1 Å². The molecule has 2 aromatic carbocycles. The molecular weight excluding hydrogens is 492 g/mol. The molecule has 4 nitrogen and oxygen atoms in total. The number of carbonyl (C=O) groups excluding carboxylic acids is 1. The zero-order valence-electron chi connectivity index (χ0n) is 22.9. The van der Waals surface area contributed by atoms with E-state index in [4.69, 9.17) is 16.3 Å². The molecule has 0 aliphatic heterocycles. The lowest BCUT2D eigenvalue weighted by Crippen LogP contribution is -2.26. The maximum Gasteiger partial charge on any atom is 0.329 e. The van der Waals surface area contributed by atoms with Gasteiger partial charge in [-0.3, -0.25) is 4.79 Å². The molecule has 2 atom stereocenters. The van der Waals surface area contributed by atoms with Crippen LogP contribution in [-0.4, -0.2) is 21.3 Å². The quantitative estimate of drug-likeness (QED) is 0.0953. The van der Waals surface area contributed by atoms with E-state index in [1.165, 1.54) is 63.4 Å². The van der Waals surface area contributed by atoms with Crippen LogP contribution in [0.3, 0.4) is 0 Å². The Bertz CT molecular complexity index is 1120. The maximum atomic E-state index is 12.2. The van der Waals surface area contributed by atoms with E-state index in [1.807, 2.05) is 38.4 Å². The molecule has 4 rings (SSSR count). The van der Waals surface area contributed by atoms with Gasteiger partial charge in [-0.05, 0) is 60.1 Å². The molecule has 202 valence electrons. The van der Waals surface area contributed by atoms with Gasteiger partial charge in [-0.2, -0.15) is 0 Å². The minimum atomic E-state index is -0.652. The van der Waals surface area contributed by atoms with Crippen LogP contribution in [0.5, 0.6) is 5.75 Å². The molecule has 0 amide bonds. The lowest BCUT2D eigenvalue weighted by molar-refractivity contribution is -0.134. The van der Waals surface area contributed by atoms with Crippen molar-refractivity contribution in [3.05, 3.63) is 66.5 Å². The second kappa shape index (κ2) is 14.4. The van der Waals surface area contributed by atoms with E-state index in [9.17, 15) is 4.79 Å². The Labute approximate surface area is 233 Å². The Morgan fingerprint density at radius 3 is 2.18 bits per heavy atom. The zero-order chi connectivity index (χ0) is 26.7. The van der Waals surface area contributed by atoms with Crippen molar-refractivity contribution in [2.45, 2.75) is 89.9 Å². The van der Waals surface area contributed by atoms with Gasteiger partial charge in [0.1, 0.15) is 11.1 Å². The summed E-state index contributed by atoms with van der Waals surface area (Å²) in [6.45, 7) is 3.94. The Hall–Kier alpha value is -2.72. The van der Waals surface area contributed by atoms with Crippen molar-refractivity contribution < 1.29 is 9.53 Å². The number of carbonyl (C=O) groups is 1. The van der Waals surface area contributed by atoms with E-state index in [0.717, 1.165) is 35.4 Å². The highest BCUT2D eigenvalue weighted by Crippen LogP contribution is 2.29. The first-order valence-electron chi connectivity index (χ1n) is 14.4. The molecule has 3 aromatic rings. The Morgan fingerprint density at radius 1 is 0.895 bits per heavy atom. The number of hydrogen-bond acceptors (Lipinski definition) is 4. The Balaban J connectivity index is 1.23. The van der Waals surface area contributed by atoms with Crippen LogP contribution in [0.1, 0.15) is 83.6 Å². The number of nitrogens with zero attached hydrogens (tertiary/aromatic N) is 2. The standard InChI is InChI=1S/C33H41ClN2O2/c1-3-24(2)31(34)33(37)38-30-20-18-28(19-21-30)32-35-22-29(23-36-32)27-16-14-26(15-17-27)11-7-5-4-6-10-25-12-8-9-13-25/h14-25,31H,3-13H2,1-2H3/t24-,31-/m0/s1. The van der Waals surface area contributed by atoms with E-state index < -0.39 is 11.3 Å². The number of unbranched alkanes of at least 4 members (excludes halogenated alkanes) is 3. The summed E-state index contributed by atoms with van der Waals surface area (Å²) in [5, 5.41) is -0.652. The number of alkyl halides is 1. The van der Waals surface area contributed by atoms with Crippen molar-refractivity contribution in [2.75, 3.05) is 0 Å². The molecule has 0 N–H and O–H groups in total. The number of esters is 1. The first kappa shape index (κ1) is 28.3. The van der Waals surface area contributed by atoms with Crippen molar-refractivity contribution in [3.63, 3.8) is 0 Å². The largest absolute Gasteiger partial charge is 0.425 e. The van der Waals surface area contributed by atoms with Crippen LogP contribution in [0.2, 0.25) is 0 Å². The smallest absolute Gasteiger partial charge is 0.329 e. The van der Waals surface area contributed by atoms with Gasteiger partial charge in [-0.1, -0.05) is 95.9 Å². The summed E-state index contributed by atoms with van der Waals surface area (Å²) >= 11 is 6.20. The van der Waals surface area contributed by atoms with Gasteiger partial charge in [0.15, 0.2) is 5.82 Å². The third-order valence-electron chi connectivity index (χ3n) is 7.94. The molecule has 5 heteroatoms. The van der Waals surface area contributed by atoms with Crippen molar-refractivity contribution in [2.24, 2.45) is 11.8 Å². The number of ether oxygens (including phenoxy) is 1.